The van der Waals surface area contributed by atoms with Crippen molar-refractivity contribution in [1.82, 2.24) is 10.0 Å². The second kappa shape index (κ2) is 10.6. The minimum atomic E-state index is -3.79. The third-order valence-electron chi connectivity index (χ3n) is 4.24. The zero-order valence-corrected chi connectivity index (χ0v) is 18.8. The summed E-state index contributed by atoms with van der Waals surface area (Å²) in [6, 6.07) is 13.3. The van der Waals surface area contributed by atoms with Gasteiger partial charge in [0.2, 0.25) is 10.0 Å². The maximum absolute atomic E-state index is 12.3. The van der Waals surface area contributed by atoms with Crippen LogP contribution in [0.1, 0.15) is 21.7 Å². The molecule has 32 heavy (non-hydrogen) atoms. The Hall–Kier alpha value is -2.85. The average Bonchev–Trinajstić information content (AvgIpc) is 3.29. The largest absolute Gasteiger partial charge is 0.468 e. The molecule has 3 rings (SSSR count). The van der Waals surface area contributed by atoms with E-state index in [1.807, 2.05) is 0 Å². The number of hydrogen-bond acceptors (Lipinski definition) is 6. The molecule has 168 valence electrons. The quantitative estimate of drug-likeness (QED) is 0.437. The zero-order chi connectivity index (χ0) is 23.1. The van der Waals surface area contributed by atoms with Gasteiger partial charge < -0.3 is 14.5 Å². The number of carbonyl (C=O) groups excluding carboxylic acids is 2. The summed E-state index contributed by atoms with van der Waals surface area (Å²) in [6.45, 7) is -0.367. The smallest absolute Gasteiger partial charge is 0.338 e. The van der Waals surface area contributed by atoms with E-state index in [0.717, 1.165) is 0 Å². The molecule has 0 aliphatic rings. The normalized spacial score (nSPS) is 11.2. The van der Waals surface area contributed by atoms with Gasteiger partial charge in [-0.25, -0.2) is 17.9 Å². The van der Waals surface area contributed by atoms with Crippen LogP contribution in [-0.2, 0) is 32.6 Å². The van der Waals surface area contributed by atoms with Crippen LogP contribution < -0.4 is 10.0 Å². The Balaban J connectivity index is 1.49. The van der Waals surface area contributed by atoms with Crippen LogP contribution in [0.15, 0.2) is 70.2 Å². The van der Waals surface area contributed by atoms with Gasteiger partial charge in [0.1, 0.15) is 5.76 Å². The van der Waals surface area contributed by atoms with Crippen LogP contribution in [0.2, 0.25) is 10.0 Å². The van der Waals surface area contributed by atoms with Crippen molar-refractivity contribution in [3.8, 4) is 0 Å². The Kier molecular flexibility index (Phi) is 7.92. The van der Waals surface area contributed by atoms with Gasteiger partial charge in [-0.1, -0.05) is 29.3 Å². The maximum atomic E-state index is 12.3. The molecule has 1 heterocycles. The number of amides is 1. The molecule has 0 saturated carbocycles. The fourth-order valence-corrected chi connectivity index (χ4v) is 4.03. The zero-order valence-electron chi connectivity index (χ0n) is 16.5. The van der Waals surface area contributed by atoms with Crippen molar-refractivity contribution in [3.05, 3.63) is 87.8 Å². The fourth-order valence-electron chi connectivity index (χ4n) is 2.56. The lowest BCUT2D eigenvalue weighted by Gasteiger charge is -2.09. The van der Waals surface area contributed by atoms with E-state index in [4.69, 9.17) is 32.4 Å². The third-order valence-corrected chi connectivity index (χ3v) is 6.25. The van der Waals surface area contributed by atoms with Gasteiger partial charge in [-0.3, -0.25) is 4.79 Å². The van der Waals surface area contributed by atoms with E-state index >= 15 is 0 Å². The number of benzene rings is 2. The Morgan fingerprint density at radius 3 is 2.41 bits per heavy atom. The van der Waals surface area contributed by atoms with E-state index in [1.54, 1.807) is 30.3 Å². The van der Waals surface area contributed by atoms with Crippen LogP contribution in [0.5, 0.6) is 0 Å². The Morgan fingerprint density at radius 1 is 1.00 bits per heavy atom. The minimum Gasteiger partial charge on any atom is -0.468 e. The molecule has 0 fully saturated rings. The number of furan rings is 1. The van der Waals surface area contributed by atoms with Gasteiger partial charge >= 0.3 is 5.97 Å². The number of hydrogen-bond donors (Lipinski definition) is 2. The van der Waals surface area contributed by atoms with Gasteiger partial charge in [0.05, 0.1) is 23.3 Å². The predicted octanol–water partition coefficient (Wildman–Crippen LogP) is 3.54. The first kappa shape index (κ1) is 23.8. The molecule has 1 amide bonds. The summed E-state index contributed by atoms with van der Waals surface area (Å²) in [4.78, 5) is 24.0. The van der Waals surface area contributed by atoms with Gasteiger partial charge in [-0.05, 0) is 54.1 Å². The predicted molar refractivity (Wildman–Crippen MR) is 118 cm³/mol. The van der Waals surface area contributed by atoms with Crippen LogP contribution in [0.3, 0.4) is 0 Å². The molecule has 0 unspecified atom stereocenters. The maximum Gasteiger partial charge on any atom is 0.338 e. The van der Waals surface area contributed by atoms with E-state index in [1.165, 1.54) is 30.5 Å². The standard InChI is InChI=1S/C21H18Cl2N2O6S/c22-16-6-3-15(19(23)10-16)11-24-20(26)13-31-21(27)14-4-7-18(8-5-14)32(28,29)25-12-17-2-1-9-30-17/h1-10,25H,11-13H2,(H,24,26). The van der Waals surface area contributed by atoms with Crippen molar-refractivity contribution >= 4 is 45.1 Å². The highest BCUT2D eigenvalue weighted by atomic mass is 35.5. The molecular weight excluding hydrogens is 479 g/mol. The SMILES string of the molecule is O=C(COC(=O)c1ccc(S(=O)(=O)NCc2ccco2)cc1)NCc1ccc(Cl)cc1Cl. The molecule has 0 saturated heterocycles. The van der Waals surface area contributed by atoms with Crippen molar-refractivity contribution in [2.75, 3.05) is 6.61 Å². The molecule has 0 spiro atoms. The number of ether oxygens (including phenoxy) is 1. The van der Waals surface area contributed by atoms with E-state index in [-0.39, 0.29) is 23.5 Å². The monoisotopic (exact) mass is 496 g/mol. The molecule has 8 nitrogen and oxygen atoms in total. The van der Waals surface area contributed by atoms with Crippen LogP contribution in [0, 0.1) is 0 Å². The van der Waals surface area contributed by atoms with Crippen molar-refractivity contribution in [2.45, 2.75) is 18.0 Å². The van der Waals surface area contributed by atoms with Crippen molar-refractivity contribution in [1.29, 1.82) is 0 Å². The van der Waals surface area contributed by atoms with Crippen molar-refractivity contribution < 1.29 is 27.2 Å². The molecular formula is C21H18Cl2N2O6S. The summed E-state index contributed by atoms with van der Waals surface area (Å²) in [5.74, 6) is -0.826. The first-order valence-corrected chi connectivity index (χ1v) is 11.5. The molecule has 3 aromatic rings. The molecule has 1 aromatic heterocycles. The van der Waals surface area contributed by atoms with E-state index < -0.39 is 28.5 Å². The van der Waals surface area contributed by atoms with Gasteiger partial charge in [-0.2, -0.15) is 0 Å². The summed E-state index contributed by atoms with van der Waals surface area (Å²) in [6.07, 6.45) is 1.44. The molecule has 0 aliphatic carbocycles. The third kappa shape index (κ3) is 6.57. The summed E-state index contributed by atoms with van der Waals surface area (Å²) in [5, 5.41) is 3.47. The molecule has 0 aliphatic heterocycles. The van der Waals surface area contributed by atoms with Crippen LogP contribution in [-0.4, -0.2) is 26.9 Å². The molecule has 0 atom stereocenters. The Morgan fingerprint density at radius 2 is 1.75 bits per heavy atom. The number of halogens is 2. The average molecular weight is 497 g/mol. The van der Waals surface area contributed by atoms with Crippen LogP contribution >= 0.6 is 23.2 Å². The van der Waals surface area contributed by atoms with Gasteiger partial charge in [-0.15, -0.1) is 0 Å². The van der Waals surface area contributed by atoms with Crippen LogP contribution in [0.25, 0.3) is 0 Å². The van der Waals surface area contributed by atoms with Gasteiger partial charge in [0.25, 0.3) is 5.91 Å². The second-order valence-electron chi connectivity index (χ2n) is 6.52. The highest BCUT2D eigenvalue weighted by Crippen LogP contribution is 2.20. The minimum absolute atomic E-state index is 0.00449. The molecule has 11 heteroatoms. The number of esters is 1. The lowest BCUT2D eigenvalue weighted by molar-refractivity contribution is -0.124. The second-order valence-corrected chi connectivity index (χ2v) is 9.13. The number of sulfonamides is 1. The summed E-state index contributed by atoms with van der Waals surface area (Å²) in [5.41, 5.74) is 0.761. The van der Waals surface area contributed by atoms with E-state index in [0.29, 0.717) is 21.4 Å². The molecule has 2 aromatic carbocycles. The first-order chi connectivity index (χ1) is 15.2. The molecule has 0 radical (unpaired) electrons. The summed E-state index contributed by atoms with van der Waals surface area (Å²) < 4.78 is 37.1. The van der Waals surface area contributed by atoms with Crippen molar-refractivity contribution in [3.63, 3.8) is 0 Å². The fraction of sp³-hybridized carbons (Fsp3) is 0.143. The Bertz CT molecular complexity index is 1200. The summed E-state index contributed by atoms with van der Waals surface area (Å²) >= 11 is 11.9. The highest BCUT2D eigenvalue weighted by Gasteiger charge is 2.16. The summed E-state index contributed by atoms with van der Waals surface area (Å²) in [7, 11) is -3.79. The molecule has 2 N–H and O–H groups in total. The number of rotatable bonds is 9. The first-order valence-electron chi connectivity index (χ1n) is 9.24. The lowest BCUT2D eigenvalue weighted by Crippen LogP contribution is -2.28. The van der Waals surface area contributed by atoms with Crippen LogP contribution in [0.4, 0.5) is 0 Å². The van der Waals surface area contributed by atoms with Gasteiger partial charge in [0, 0.05) is 16.6 Å². The van der Waals surface area contributed by atoms with Gasteiger partial charge in [0.15, 0.2) is 6.61 Å². The number of nitrogens with one attached hydrogen (secondary N) is 2. The van der Waals surface area contributed by atoms with Crippen molar-refractivity contribution in [2.24, 2.45) is 0 Å². The topological polar surface area (TPSA) is 115 Å². The van der Waals surface area contributed by atoms with E-state index in [2.05, 4.69) is 10.0 Å². The number of carbonyl (C=O) groups is 2. The lowest BCUT2D eigenvalue weighted by atomic mass is 10.2. The Labute approximate surface area is 194 Å². The molecule has 0 bridgehead atoms. The highest BCUT2D eigenvalue weighted by molar-refractivity contribution is 7.89. The van der Waals surface area contributed by atoms with E-state index in [9.17, 15) is 18.0 Å².